The lowest BCUT2D eigenvalue weighted by atomic mass is 10.1. The standard InChI is InChI=1S/C9H13N3O3/c10-7-4-12(9(14)11-8(7)13)6-2-1-3-15-5-6/h4,6H,1-3,5,10H2,(H,11,13,14). The number of aromatic nitrogens is 2. The fraction of sp³-hybridized carbons (Fsp3) is 0.556. The average molecular weight is 211 g/mol. The molecule has 2 rings (SSSR count). The first-order valence-corrected chi connectivity index (χ1v) is 4.87. The predicted molar refractivity (Wildman–Crippen MR) is 54.8 cm³/mol. The highest BCUT2D eigenvalue weighted by atomic mass is 16.5. The molecule has 1 unspecified atom stereocenters. The van der Waals surface area contributed by atoms with Gasteiger partial charge in [-0.15, -0.1) is 0 Å². The number of ether oxygens (including phenoxy) is 1. The molecule has 3 N–H and O–H groups in total. The Morgan fingerprint density at radius 3 is 3.00 bits per heavy atom. The monoisotopic (exact) mass is 211 g/mol. The molecule has 15 heavy (non-hydrogen) atoms. The molecule has 0 spiro atoms. The number of hydrogen-bond donors (Lipinski definition) is 2. The number of anilines is 1. The third kappa shape index (κ3) is 1.94. The van der Waals surface area contributed by atoms with Gasteiger partial charge >= 0.3 is 5.69 Å². The number of H-pyrrole nitrogens is 1. The molecule has 1 aromatic rings. The topological polar surface area (TPSA) is 90.1 Å². The molecule has 1 saturated heterocycles. The lowest BCUT2D eigenvalue weighted by molar-refractivity contribution is 0.0575. The van der Waals surface area contributed by atoms with Crippen LogP contribution in [-0.4, -0.2) is 22.8 Å². The van der Waals surface area contributed by atoms with E-state index < -0.39 is 11.2 Å². The number of rotatable bonds is 1. The summed E-state index contributed by atoms with van der Waals surface area (Å²) in [6, 6.07) is -0.0228. The molecule has 1 aromatic heterocycles. The van der Waals surface area contributed by atoms with Crippen molar-refractivity contribution in [3.63, 3.8) is 0 Å². The third-order valence-electron chi connectivity index (χ3n) is 2.52. The van der Waals surface area contributed by atoms with Crippen molar-refractivity contribution in [1.82, 2.24) is 9.55 Å². The highest BCUT2D eigenvalue weighted by molar-refractivity contribution is 5.30. The molecule has 6 nitrogen and oxygen atoms in total. The SMILES string of the molecule is Nc1cn(C2CCCOC2)c(=O)[nH]c1=O. The van der Waals surface area contributed by atoms with Crippen molar-refractivity contribution < 1.29 is 4.74 Å². The van der Waals surface area contributed by atoms with Gasteiger partial charge in [0, 0.05) is 12.8 Å². The van der Waals surface area contributed by atoms with Crippen molar-refractivity contribution in [2.75, 3.05) is 18.9 Å². The van der Waals surface area contributed by atoms with E-state index in [1.807, 2.05) is 0 Å². The smallest absolute Gasteiger partial charge is 0.328 e. The number of hydrogen-bond acceptors (Lipinski definition) is 4. The molecule has 0 bridgehead atoms. The van der Waals surface area contributed by atoms with Crippen molar-refractivity contribution in [2.45, 2.75) is 18.9 Å². The van der Waals surface area contributed by atoms with Crippen molar-refractivity contribution in [2.24, 2.45) is 0 Å². The van der Waals surface area contributed by atoms with E-state index in [1.165, 1.54) is 10.8 Å². The summed E-state index contributed by atoms with van der Waals surface area (Å²) in [6.45, 7) is 1.22. The maximum Gasteiger partial charge on any atom is 0.328 e. The van der Waals surface area contributed by atoms with Crippen LogP contribution in [0, 0.1) is 0 Å². The van der Waals surface area contributed by atoms with Crippen molar-refractivity contribution in [3.05, 3.63) is 27.0 Å². The molecule has 1 aliphatic heterocycles. The van der Waals surface area contributed by atoms with Crippen LogP contribution in [0.25, 0.3) is 0 Å². The fourth-order valence-electron chi connectivity index (χ4n) is 1.72. The van der Waals surface area contributed by atoms with E-state index in [4.69, 9.17) is 10.5 Å². The molecule has 1 fully saturated rings. The summed E-state index contributed by atoms with van der Waals surface area (Å²) < 4.78 is 6.71. The summed E-state index contributed by atoms with van der Waals surface area (Å²) in [6.07, 6.45) is 3.17. The molecule has 0 aromatic carbocycles. The second kappa shape index (κ2) is 3.90. The third-order valence-corrected chi connectivity index (χ3v) is 2.52. The second-order valence-electron chi connectivity index (χ2n) is 3.62. The fourth-order valence-corrected chi connectivity index (χ4v) is 1.72. The maximum absolute atomic E-state index is 11.5. The predicted octanol–water partition coefficient (Wildman–Crippen LogP) is -0.530. The van der Waals surface area contributed by atoms with Gasteiger partial charge in [-0.1, -0.05) is 0 Å². The van der Waals surface area contributed by atoms with E-state index in [9.17, 15) is 9.59 Å². The molecule has 1 atom stereocenters. The first-order valence-electron chi connectivity index (χ1n) is 4.87. The van der Waals surface area contributed by atoms with Crippen LogP contribution in [0.1, 0.15) is 18.9 Å². The molecule has 1 aliphatic rings. The summed E-state index contributed by atoms with van der Waals surface area (Å²) >= 11 is 0. The van der Waals surface area contributed by atoms with Gasteiger partial charge in [0.05, 0.1) is 12.6 Å². The summed E-state index contributed by atoms with van der Waals surface area (Å²) in [4.78, 5) is 24.7. The molecule has 6 heteroatoms. The highest BCUT2D eigenvalue weighted by Crippen LogP contribution is 2.17. The molecular weight excluding hydrogens is 198 g/mol. The Hall–Kier alpha value is -1.56. The molecule has 2 heterocycles. The van der Waals surface area contributed by atoms with Crippen molar-refractivity contribution in [1.29, 1.82) is 0 Å². The minimum Gasteiger partial charge on any atom is -0.393 e. The van der Waals surface area contributed by atoms with E-state index in [1.54, 1.807) is 0 Å². The Morgan fingerprint density at radius 1 is 1.53 bits per heavy atom. The van der Waals surface area contributed by atoms with E-state index in [0.717, 1.165) is 19.4 Å². The average Bonchev–Trinajstić information content (AvgIpc) is 2.25. The Bertz CT molecular complexity index is 456. The van der Waals surface area contributed by atoms with E-state index >= 15 is 0 Å². The molecule has 0 aliphatic carbocycles. The lowest BCUT2D eigenvalue weighted by Crippen LogP contribution is -2.36. The first kappa shape index (κ1) is 9.97. The van der Waals surface area contributed by atoms with Crippen LogP contribution in [0.2, 0.25) is 0 Å². The second-order valence-corrected chi connectivity index (χ2v) is 3.62. The Morgan fingerprint density at radius 2 is 2.33 bits per heavy atom. The number of nitrogens with two attached hydrogens (primary N) is 1. The van der Waals surface area contributed by atoms with Gasteiger partial charge < -0.3 is 10.5 Å². The van der Waals surface area contributed by atoms with Crippen LogP contribution in [0.3, 0.4) is 0 Å². The zero-order valence-electron chi connectivity index (χ0n) is 8.23. The van der Waals surface area contributed by atoms with Gasteiger partial charge in [-0.3, -0.25) is 14.3 Å². The van der Waals surface area contributed by atoms with Crippen LogP contribution in [0.5, 0.6) is 0 Å². The number of aromatic amines is 1. The van der Waals surface area contributed by atoms with Gasteiger partial charge in [0.1, 0.15) is 5.69 Å². The van der Waals surface area contributed by atoms with E-state index in [0.29, 0.717) is 6.61 Å². The summed E-state index contributed by atoms with van der Waals surface area (Å²) in [7, 11) is 0. The minimum atomic E-state index is -0.534. The molecule has 82 valence electrons. The van der Waals surface area contributed by atoms with Crippen LogP contribution >= 0.6 is 0 Å². The van der Waals surface area contributed by atoms with Crippen LogP contribution < -0.4 is 17.0 Å². The number of nitrogens with zero attached hydrogens (tertiary/aromatic N) is 1. The zero-order valence-corrected chi connectivity index (χ0v) is 8.23. The van der Waals surface area contributed by atoms with E-state index in [2.05, 4.69) is 4.98 Å². The largest absolute Gasteiger partial charge is 0.393 e. The minimum absolute atomic E-state index is 0.0228. The van der Waals surface area contributed by atoms with Gasteiger partial charge in [0.2, 0.25) is 0 Å². The normalized spacial score (nSPS) is 21.5. The van der Waals surface area contributed by atoms with Crippen molar-refractivity contribution >= 4 is 5.69 Å². The summed E-state index contributed by atoms with van der Waals surface area (Å²) in [5.41, 5.74) is 4.55. The van der Waals surface area contributed by atoms with Gasteiger partial charge in [-0.05, 0) is 12.8 Å². The van der Waals surface area contributed by atoms with Crippen LogP contribution in [-0.2, 0) is 4.74 Å². The number of nitrogens with one attached hydrogen (secondary N) is 1. The van der Waals surface area contributed by atoms with Crippen LogP contribution in [0.15, 0.2) is 15.8 Å². The lowest BCUT2D eigenvalue weighted by Gasteiger charge is -2.23. The maximum atomic E-state index is 11.5. The number of nitrogen functional groups attached to an aromatic ring is 1. The van der Waals surface area contributed by atoms with E-state index in [-0.39, 0.29) is 11.7 Å². The van der Waals surface area contributed by atoms with Gasteiger partial charge in [0.25, 0.3) is 5.56 Å². The Kier molecular flexibility index (Phi) is 2.59. The van der Waals surface area contributed by atoms with Gasteiger partial charge in [-0.25, -0.2) is 4.79 Å². The molecular formula is C9H13N3O3. The molecule has 0 radical (unpaired) electrons. The van der Waals surface area contributed by atoms with Gasteiger partial charge in [0.15, 0.2) is 0 Å². The van der Waals surface area contributed by atoms with Gasteiger partial charge in [-0.2, -0.15) is 0 Å². The quantitative estimate of drug-likeness (QED) is 0.653. The molecule has 0 amide bonds. The summed E-state index contributed by atoms with van der Waals surface area (Å²) in [5, 5.41) is 0. The Labute approximate surface area is 85.7 Å². The molecule has 0 saturated carbocycles. The highest BCUT2D eigenvalue weighted by Gasteiger charge is 2.17. The first-order chi connectivity index (χ1) is 7.18. The van der Waals surface area contributed by atoms with Crippen LogP contribution in [0.4, 0.5) is 5.69 Å². The summed E-state index contributed by atoms with van der Waals surface area (Å²) in [5.74, 6) is 0. The van der Waals surface area contributed by atoms with Crippen molar-refractivity contribution in [3.8, 4) is 0 Å². The zero-order chi connectivity index (χ0) is 10.8. The Balaban J connectivity index is 2.39.